The summed E-state index contributed by atoms with van der Waals surface area (Å²) in [7, 11) is -4.02. The summed E-state index contributed by atoms with van der Waals surface area (Å²) >= 11 is 1.73. The van der Waals surface area contributed by atoms with E-state index in [0.717, 1.165) is 61.0 Å². The van der Waals surface area contributed by atoms with Crippen molar-refractivity contribution in [2.24, 2.45) is 0 Å². The van der Waals surface area contributed by atoms with Gasteiger partial charge in [0.15, 0.2) is 0 Å². The van der Waals surface area contributed by atoms with E-state index in [9.17, 15) is 8.42 Å². The molecule has 1 N–H and O–H groups in total. The largest absolute Gasteiger partial charge is 0.487 e. The highest BCUT2D eigenvalue weighted by molar-refractivity contribution is 7.85. The summed E-state index contributed by atoms with van der Waals surface area (Å²) in [6.07, 6.45) is 8.51. The summed E-state index contributed by atoms with van der Waals surface area (Å²) in [5.74, 6) is 2.11. The molecule has 6 rings (SSSR count). The zero-order chi connectivity index (χ0) is 30.2. The zero-order valence-corrected chi connectivity index (χ0v) is 25.4. The Morgan fingerprint density at radius 3 is 2.33 bits per heavy atom. The van der Waals surface area contributed by atoms with Crippen molar-refractivity contribution in [3.63, 3.8) is 0 Å². The maximum atomic E-state index is 10.5. The van der Waals surface area contributed by atoms with Crippen LogP contribution in [0.15, 0.2) is 77.5 Å². The monoisotopic (exact) mass is 620 g/mol. The molecule has 12 nitrogen and oxygen atoms in total. The van der Waals surface area contributed by atoms with Gasteiger partial charge < -0.3 is 9.64 Å². The van der Waals surface area contributed by atoms with Crippen LogP contribution in [0, 0.1) is 6.92 Å². The molecule has 0 aliphatic carbocycles. The fraction of sp³-hybridized carbons (Fsp3) is 0.310. The van der Waals surface area contributed by atoms with E-state index >= 15 is 0 Å². The van der Waals surface area contributed by atoms with Crippen LogP contribution in [0.25, 0.3) is 5.69 Å². The highest BCUT2D eigenvalue weighted by atomic mass is 32.2. The van der Waals surface area contributed by atoms with Crippen molar-refractivity contribution in [1.29, 1.82) is 0 Å². The molecule has 0 saturated carbocycles. The number of aromatic nitrogens is 7. The minimum Gasteiger partial charge on any atom is -0.487 e. The minimum absolute atomic E-state index is 0.0666. The molecule has 0 unspecified atom stereocenters. The smallest absolute Gasteiger partial charge is 0.294 e. The molecule has 224 valence electrons. The summed E-state index contributed by atoms with van der Waals surface area (Å²) < 4.78 is 37.1. The number of tetrazole rings is 1. The second kappa shape index (κ2) is 13.8. The van der Waals surface area contributed by atoms with Crippen LogP contribution in [-0.4, -0.2) is 61.2 Å². The van der Waals surface area contributed by atoms with E-state index in [-0.39, 0.29) is 4.90 Å². The number of aryl methyl sites for hydroxylation is 2. The van der Waals surface area contributed by atoms with E-state index < -0.39 is 10.1 Å². The number of anilines is 1. The molecule has 0 radical (unpaired) electrons. The minimum atomic E-state index is -4.02. The average molecular weight is 621 g/mol. The van der Waals surface area contributed by atoms with Crippen molar-refractivity contribution in [3.8, 4) is 11.4 Å². The van der Waals surface area contributed by atoms with E-state index in [2.05, 4.69) is 42.7 Å². The molecule has 0 bridgehead atoms. The van der Waals surface area contributed by atoms with Gasteiger partial charge in [0.05, 0.1) is 21.3 Å². The Morgan fingerprint density at radius 1 is 1.02 bits per heavy atom. The quantitative estimate of drug-likeness (QED) is 0.241. The average Bonchev–Trinajstić information content (AvgIpc) is 3.74. The fourth-order valence-corrected chi connectivity index (χ4v) is 5.89. The fourth-order valence-electron chi connectivity index (χ4n) is 4.44. The first kappa shape index (κ1) is 30.2. The van der Waals surface area contributed by atoms with E-state index in [0.29, 0.717) is 12.5 Å². The maximum absolute atomic E-state index is 10.5. The Hall–Kier alpha value is -4.27. The van der Waals surface area contributed by atoms with Crippen molar-refractivity contribution in [2.75, 3.05) is 18.0 Å². The van der Waals surface area contributed by atoms with E-state index in [1.807, 2.05) is 43.6 Å². The van der Waals surface area contributed by atoms with Crippen LogP contribution in [0.5, 0.6) is 5.75 Å². The molecule has 4 heterocycles. The highest BCUT2D eigenvalue weighted by Gasteiger charge is 2.24. The van der Waals surface area contributed by atoms with Gasteiger partial charge in [-0.3, -0.25) is 4.55 Å². The maximum Gasteiger partial charge on any atom is 0.294 e. The van der Waals surface area contributed by atoms with Crippen LogP contribution >= 0.6 is 11.3 Å². The molecule has 2 aromatic carbocycles. The van der Waals surface area contributed by atoms with E-state index in [1.165, 1.54) is 22.7 Å². The topological polar surface area (TPSA) is 149 Å². The second-order valence-corrected chi connectivity index (χ2v) is 12.3. The van der Waals surface area contributed by atoms with Gasteiger partial charge in [0.1, 0.15) is 18.7 Å². The number of rotatable bonds is 8. The number of thiazole rings is 1. The van der Waals surface area contributed by atoms with Crippen LogP contribution in [0.1, 0.15) is 47.5 Å². The van der Waals surface area contributed by atoms with Crippen molar-refractivity contribution in [2.45, 2.75) is 50.5 Å². The second-order valence-electron chi connectivity index (χ2n) is 10.0. The van der Waals surface area contributed by atoms with Crippen LogP contribution in [0.4, 0.5) is 5.95 Å². The van der Waals surface area contributed by atoms with Gasteiger partial charge >= 0.3 is 0 Å². The van der Waals surface area contributed by atoms with Gasteiger partial charge in [-0.15, -0.1) is 16.4 Å². The molecular weight excluding hydrogens is 589 g/mol. The SMILES string of the molecule is CCc1cnc(N2CCC(c3nc(COc4ccc(-n5cnnn5)cc4)cs3)CC2)nc1.Cc1ccc(S(=O)(=O)O)cc1. The first-order chi connectivity index (χ1) is 20.8. The van der Waals surface area contributed by atoms with Gasteiger partial charge in [-0.05, 0) is 78.6 Å². The van der Waals surface area contributed by atoms with E-state index in [1.54, 1.807) is 34.5 Å². The molecule has 1 aliphatic rings. The molecule has 0 amide bonds. The van der Waals surface area contributed by atoms with Crippen molar-refractivity contribution in [3.05, 3.63) is 94.5 Å². The third kappa shape index (κ3) is 8.18. The zero-order valence-electron chi connectivity index (χ0n) is 23.8. The van der Waals surface area contributed by atoms with Crippen molar-refractivity contribution >= 4 is 27.4 Å². The summed E-state index contributed by atoms with van der Waals surface area (Å²) in [4.78, 5) is 16.1. The first-order valence-electron chi connectivity index (χ1n) is 13.8. The van der Waals surface area contributed by atoms with Gasteiger partial charge in [0.2, 0.25) is 5.95 Å². The number of nitrogens with zero attached hydrogens (tertiary/aromatic N) is 8. The molecule has 14 heteroatoms. The molecule has 1 saturated heterocycles. The summed E-state index contributed by atoms with van der Waals surface area (Å²) in [5.41, 5.74) is 3.98. The van der Waals surface area contributed by atoms with Crippen molar-refractivity contribution in [1.82, 2.24) is 35.2 Å². The lowest BCUT2D eigenvalue weighted by Crippen LogP contribution is -2.34. The van der Waals surface area contributed by atoms with E-state index in [4.69, 9.17) is 14.3 Å². The molecular formula is C29H32N8O4S2. The first-order valence-corrected chi connectivity index (χ1v) is 16.1. The van der Waals surface area contributed by atoms with Crippen LogP contribution < -0.4 is 9.64 Å². The Labute approximate surface area is 254 Å². The summed E-state index contributed by atoms with van der Waals surface area (Å²) in [5, 5.41) is 14.5. The van der Waals surface area contributed by atoms with Gasteiger partial charge in [-0.2, -0.15) is 8.42 Å². The lowest BCUT2D eigenvalue weighted by molar-refractivity contribution is 0.301. The Morgan fingerprint density at radius 2 is 1.72 bits per heavy atom. The number of benzene rings is 2. The number of ether oxygens (including phenoxy) is 1. The van der Waals surface area contributed by atoms with Gasteiger partial charge in [0, 0.05) is 36.8 Å². The highest BCUT2D eigenvalue weighted by Crippen LogP contribution is 2.31. The normalized spacial score (nSPS) is 13.8. The molecule has 5 aromatic rings. The number of hydrogen-bond donors (Lipinski definition) is 1. The predicted molar refractivity (Wildman–Crippen MR) is 162 cm³/mol. The van der Waals surface area contributed by atoms with Gasteiger partial charge in [0.25, 0.3) is 10.1 Å². The van der Waals surface area contributed by atoms with Crippen LogP contribution in [0.2, 0.25) is 0 Å². The van der Waals surface area contributed by atoms with Gasteiger partial charge in [-0.25, -0.2) is 19.6 Å². The lowest BCUT2D eigenvalue weighted by Gasteiger charge is -2.31. The van der Waals surface area contributed by atoms with Gasteiger partial charge in [-0.1, -0.05) is 24.6 Å². The Kier molecular flexibility index (Phi) is 9.69. The molecule has 1 aliphatic heterocycles. The van der Waals surface area contributed by atoms with Crippen molar-refractivity contribution < 1.29 is 17.7 Å². The lowest BCUT2D eigenvalue weighted by atomic mass is 9.98. The summed E-state index contributed by atoms with van der Waals surface area (Å²) in [6.45, 7) is 6.32. The molecule has 1 fully saturated rings. The molecule has 0 atom stereocenters. The Bertz CT molecular complexity index is 1690. The number of piperidine rings is 1. The third-order valence-electron chi connectivity index (χ3n) is 6.95. The Balaban J connectivity index is 0.000000283. The summed E-state index contributed by atoms with van der Waals surface area (Å²) in [6, 6.07) is 13.7. The van der Waals surface area contributed by atoms with Crippen LogP contribution in [-0.2, 0) is 23.1 Å². The standard InChI is InChI=1S/C22H24N8OS.C7H8O3S/c1-2-16-11-23-22(24-12-16)29-9-7-17(8-10-29)21-26-18(14-32-21)13-31-20-5-3-19(4-6-20)30-15-25-27-28-30;1-6-2-4-7(5-3-6)11(8,9)10/h3-6,11-12,14-15,17H,2,7-10,13H2,1H3;2-5H,1H3,(H,8,9,10). The molecule has 3 aromatic heterocycles. The third-order valence-corrected chi connectivity index (χ3v) is 8.88. The molecule has 0 spiro atoms. The van der Waals surface area contributed by atoms with Crippen LogP contribution in [0.3, 0.4) is 0 Å². The number of hydrogen-bond acceptors (Lipinski definition) is 11. The molecule has 43 heavy (non-hydrogen) atoms. The predicted octanol–water partition coefficient (Wildman–Crippen LogP) is 4.68.